The number of hydrogen-bond acceptors (Lipinski definition) is 4. The van der Waals surface area contributed by atoms with Crippen LogP contribution in [0.4, 0.5) is 0 Å². The molecule has 0 fully saturated rings. The molecule has 3 heterocycles. The molecule has 10 aromatic rings. The summed E-state index contributed by atoms with van der Waals surface area (Å²) in [6.07, 6.45) is 0. The van der Waals surface area contributed by atoms with E-state index in [4.69, 9.17) is 19.1 Å². The van der Waals surface area contributed by atoms with Gasteiger partial charge < -0.3 is 9.15 Å². The highest BCUT2D eigenvalue weighted by atomic mass is 16.5. The average molecular weight is 729 g/mol. The van der Waals surface area contributed by atoms with Crippen LogP contribution in [0.1, 0.15) is 22.3 Å². The van der Waals surface area contributed by atoms with Crippen molar-refractivity contribution < 1.29 is 9.15 Å². The normalized spacial score (nSPS) is 13.2. The molecule has 4 heteroatoms. The minimum Gasteiger partial charge on any atom is -0.457 e. The molecule has 1 aliphatic carbocycles. The molecule has 0 amide bonds. The Morgan fingerprint density at radius 2 is 0.947 bits per heavy atom. The topological polar surface area (TPSA) is 48.2 Å². The van der Waals surface area contributed by atoms with Gasteiger partial charge in [-0.2, -0.15) is 0 Å². The molecule has 0 N–H and O–H groups in total. The lowest BCUT2D eigenvalue weighted by molar-refractivity contribution is 0.436. The largest absolute Gasteiger partial charge is 0.457 e. The fourth-order valence-electron chi connectivity index (χ4n) is 9.33. The van der Waals surface area contributed by atoms with Crippen molar-refractivity contribution in [3.8, 4) is 67.7 Å². The van der Waals surface area contributed by atoms with Crippen molar-refractivity contribution in [3.05, 3.63) is 216 Å². The number of aromatic nitrogens is 2. The Bertz CT molecular complexity index is 3100. The van der Waals surface area contributed by atoms with Gasteiger partial charge in [0.1, 0.15) is 22.7 Å². The number of hydrogen-bond donors (Lipinski definition) is 0. The van der Waals surface area contributed by atoms with E-state index in [-0.39, 0.29) is 0 Å². The Labute approximate surface area is 329 Å². The van der Waals surface area contributed by atoms with Gasteiger partial charge in [-0.15, -0.1) is 0 Å². The number of benzene rings is 8. The summed E-state index contributed by atoms with van der Waals surface area (Å²) < 4.78 is 13.5. The smallest absolute Gasteiger partial charge is 0.160 e. The molecule has 0 atom stereocenters. The van der Waals surface area contributed by atoms with E-state index >= 15 is 0 Å². The standard InChI is InChI=1S/C53H32N2O2/c1-3-15-34(16-4-1)44-32-45(55-52(54-44)36-17-5-2-6-18-36)35-29-27-33(28-30-35)39-31-43-49(50-38-20-8-12-24-46(38)57-51(39)50)37-19-7-9-21-40(37)53(43)41-22-10-13-25-47(41)56-48-26-14-11-23-42(48)53/h1-32H. The first-order valence-electron chi connectivity index (χ1n) is 19.3. The second-order valence-corrected chi connectivity index (χ2v) is 14.8. The van der Waals surface area contributed by atoms with Crippen LogP contribution in [0.15, 0.2) is 199 Å². The molecule has 57 heavy (non-hydrogen) atoms. The van der Waals surface area contributed by atoms with E-state index in [2.05, 4.69) is 158 Å². The van der Waals surface area contributed by atoms with Gasteiger partial charge in [0.15, 0.2) is 5.82 Å². The van der Waals surface area contributed by atoms with Crippen LogP contribution in [0.3, 0.4) is 0 Å². The minimum absolute atomic E-state index is 0.610. The van der Waals surface area contributed by atoms with Gasteiger partial charge in [-0.25, -0.2) is 9.97 Å². The molecule has 0 bridgehead atoms. The Balaban J connectivity index is 1.11. The van der Waals surface area contributed by atoms with Crippen molar-refractivity contribution in [1.82, 2.24) is 9.97 Å². The van der Waals surface area contributed by atoms with E-state index < -0.39 is 5.41 Å². The van der Waals surface area contributed by atoms with Gasteiger partial charge in [0.05, 0.1) is 16.8 Å². The third-order valence-corrected chi connectivity index (χ3v) is 11.8. The minimum atomic E-state index is -0.610. The summed E-state index contributed by atoms with van der Waals surface area (Å²) in [4.78, 5) is 10.1. The molecule has 8 aromatic carbocycles. The molecule has 0 saturated carbocycles. The number of para-hydroxylation sites is 3. The van der Waals surface area contributed by atoms with Crippen molar-refractivity contribution in [1.29, 1.82) is 0 Å². The predicted octanol–water partition coefficient (Wildman–Crippen LogP) is 13.5. The molecule has 12 rings (SSSR count). The van der Waals surface area contributed by atoms with E-state index in [1.807, 2.05) is 36.4 Å². The lowest BCUT2D eigenvalue weighted by Gasteiger charge is -2.39. The van der Waals surface area contributed by atoms with Gasteiger partial charge >= 0.3 is 0 Å². The van der Waals surface area contributed by atoms with Crippen molar-refractivity contribution in [2.24, 2.45) is 0 Å². The fraction of sp³-hybridized carbons (Fsp3) is 0.0189. The summed E-state index contributed by atoms with van der Waals surface area (Å²) in [5, 5.41) is 2.23. The monoisotopic (exact) mass is 728 g/mol. The molecule has 0 radical (unpaired) electrons. The Kier molecular flexibility index (Phi) is 6.81. The highest BCUT2D eigenvalue weighted by Gasteiger charge is 2.52. The molecule has 0 unspecified atom stereocenters. The van der Waals surface area contributed by atoms with Crippen LogP contribution in [0, 0.1) is 0 Å². The van der Waals surface area contributed by atoms with Gasteiger partial charge in [0.25, 0.3) is 0 Å². The average Bonchev–Trinajstić information content (AvgIpc) is 3.81. The van der Waals surface area contributed by atoms with Crippen LogP contribution in [-0.4, -0.2) is 9.97 Å². The maximum Gasteiger partial charge on any atom is 0.160 e. The first kappa shape index (κ1) is 31.8. The molecule has 266 valence electrons. The van der Waals surface area contributed by atoms with Crippen LogP contribution >= 0.6 is 0 Å². The van der Waals surface area contributed by atoms with Gasteiger partial charge in [-0.05, 0) is 58.1 Å². The summed E-state index contributed by atoms with van der Waals surface area (Å²) in [5.74, 6) is 2.44. The van der Waals surface area contributed by atoms with Crippen molar-refractivity contribution in [2.75, 3.05) is 0 Å². The SMILES string of the molecule is c1ccc(-c2cc(-c3ccc(-c4cc5c(c6c4oc4ccccc46)-c4ccccc4C54c5ccccc5Oc5ccccc54)cc3)nc(-c3ccccc3)n2)cc1. The second-order valence-electron chi connectivity index (χ2n) is 14.8. The van der Waals surface area contributed by atoms with E-state index in [1.165, 1.54) is 22.3 Å². The summed E-state index contributed by atoms with van der Waals surface area (Å²) in [5.41, 5.74) is 15.2. The number of rotatable bonds is 4. The van der Waals surface area contributed by atoms with Gasteiger partial charge in [-0.3, -0.25) is 0 Å². The van der Waals surface area contributed by atoms with Crippen LogP contribution in [-0.2, 0) is 5.41 Å². The first-order valence-corrected chi connectivity index (χ1v) is 19.3. The molecule has 2 aliphatic rings. The lowest BCUT2D eigenvalue weighted by Crippen LogP contribution is -2.32. The summed E-state index contributed by atoms with van der Waals surface area (Å²) in [6.45, 7) is 0. The summed E-state index contributed by atoms with van der Waals surface area (Å²) in [7, 11) is 0. The van der Waals surface area contributed by atoms with E-state index in [1.54, 1.807) is 0 Å². The molecule has 0 saturated heterocycles. The summed E-state index contributed by atoms with van der Waals surface area (Å²) >= 11 is 0. The quantitative estimate of drug-likeness (QED) is 0.181. The molecule has 4 nitrogen and oxygen atoms in total. The Morgan fingerprint density at radius 3 is 1.65 bits per heavy atom. The van der Waals surface area contributed by atoms with E-state index in [9.17, 15) is 0 Å². The number of furan rings is 1. The van der Waals surface area contributed by atoms with E-state index in [0.29, 0.717) is 5.82 Å². The predicted molar refractivity (Wildman–Crippen MR) is 228 cm³/mol. The zero-order valence-electron chi connectivity index (χ0n) is 30.7. The van der Waals surface area contributed by atoms with E-state index in [0.717, 1.165) is 83.8 Å². The van der Waals surface area contributed by atoms with Gasteiger partial charge in [0.2, 0.25) is 0 Å². The maximum absolute atomic E-state index is 6.89. The molecular weight excluding hydrogens is 697 g/mol. The number of nitrogens with zero attached hydrogens (tertiary/aromatic N) is 2. The molecule has 1 spiro atoms. The van der Waals surface area contributed by atoms with Crippen molar-refractivity contribution >= 4 is 21.9 Å². The number of fused-ring (bicyclic) bond motifs is 13. The zero-order valence-corrected chi connectivity index (χ0v) is 30.7. The maximum atomic E-state index is 6.89. The fourth-order valence-corrected chi connectivity index (χ4v) is 9.33. The summed E-state index contributed by atoms with van der Waals surface area (Å²) in [6, 6.07) is 68.1. The van der Waals surface area contributed by atoms with Crippen LogP contribution in [0.25, 0.3) is 78.1 Å². The third-order valence-electron chi connectivity index (χ3n) is 11.8. The highest BCUT2D eigenvalue weighted by Crippen LogP contribution is 2.64. The second kappa shape index (κ2) is 12.2. The molecular formula is C53H32N2O2. The third kappa shape index (κ3) is 4.62. The van der Waals surface area contributed by atoms with Crippen LogP contribution in [0.2, 0.25) is 0 Å². The highest BCUT2D eigenvalue weighted by molar-refractivity contribution is 6.19. The Hall–Kier alpha value is -7.56. The molecule has 2 aromatic heterocycles. The first-order chi connectivity index (χ1) is 28.3. The van der Waals surface area contributed by atoms with Gasteiger partial charge in [0, 0.05) is 44.2 Å². The Morgan fingerprint density at radius 1 is 0.404 bits per heavy atom. The lowest BCUT2D eigenvalue weighted by atomic mass is 9.65. The zero-order chi connectivity index (χ0) is 37.5. The van der Waals surface area contributed by atoms with Crippen LogP contribution < -0.4 is 4.74 Å². The van der Waals surface area contributed by atoms with Crippen molar-refractivity contribution in [2.45, 2.75) is 5.41 Å². The van der Waals surface area contributed by atoms with Crippen LogP contribution in [0.5, 0.6) is 11.5 Å². The van der Waals surface area contributed by atoms with Gasteiger partial charge in [-0.1, -0.05) is 164 Å². The molecule has 1 aliphatic heterocycles. The van der Waals surface area contributed by atoms with Crippen molar-refractivity contribution in [3.63, 3.8) is 0 Å². The number of ether oxygens (including phenoxy) is 1.